The maximum Gasteiger partial charge on any atom is 0.337 e. The number of anilines is 1. The topological polar surface area (TPSA) is 68.7 Å². The Balaban J connectivity index is 1.47. The molecule has 164 valence electrons. The molecule has 0 aliphatic carbocycles. The molecular weight excluding hydrogens is 436 g/mol. The number of thiazole rings is 1. The number of ether oxygens (including phenoxy) is 2. The third kappa shape index (κ3) is 4.23. The lowest BCUT2D eigenvalue weighted by molar-refractivity contribution is -0.121. The third-order valence-corrected chi connectivity index (χ3v) is 6.30. The van der Waals surface area contributed by atoms with Crippen molar-refractivity contribution < 1.29 is 19.1 Å². The van der Waals surface area contributed by atoms with Crippen LogP contribution in [0.15, 0.2) is 78.2 Å². The fourth-order valence-electron chi connectivity index (χ4n) is 3.75. The molecule has 0 spiro atoms. The zero-order chi connectivity index (χ0) is 22.8. The minimum atomic E-state index is -0.411. The summed E-state index contributed by atoms with van der Waals surface area (Å²) in [5.74, 6) is 0.0814. The normalized spacial score (nSPS) is 12.8. The average Bonchev–Trinajstić information content (AvgIpc) is 3.36. The second kappa shape index (κ2) is 8.88. The van der Waals surface area contributed by atoms with E-state index in [2.05, 4.69) is 0 Å². The van der Waals surface area contributed by atoms with Gasteiger partial charge < -0.3 is 14.4 Å². The molecule has 1 aliphatic rings. The summed E-state index contributed by atoms with van der Waals surface area (Å²) in [6, 6.07) is 22.9. The van der Waals surface area contributed by atoms with E-state index in [-0.39, 0.29) is 12.5 Å². The van der Waals surface area contributed by atoms with Crippen LogP contribution in [0.25, 0.3) is 21.8 Å². The predicted octanol–water partition coefficient (Wildman–Crippen LogP) is 5.19. The Morgan fingerprint density at radius 2 is 1.91 bits per heavy atom. The Kier molecular flexibility index (Phi) is 5.62. The largest absolute Gasteiger partial charge is 0.482 e. The van der Waals surface area contributed by atoms with E-state index in [0.717, 1.165) is 27.4 Å². The van der Waals surface area contributed by atoms with Crippen molar-refractivity contribution in [2.45, 2.75) is 6.54 Å². The lowest BCUT2D eigenvalue weighted by Crippen LogP contribution is -2.38. The van der Waals surface area contributed by atoms with Crippen LogP contribution < -0.4 is 9.64 Å². The second-order valence-corrected chi connectivity index (χ2v) is 8.41. The minimum absolute atomic E-state index is 0.0299. The number of methoxy groups -OCH3 is 1. The Bertz CT molecular complexity index is 1330. The molecule has 6 nitrogen and oxygen atoms in total. The first-order valence-corrected chi connectivity index (χ1v) is 11.3. The van der Waals surface area contributed by atoms with Gasteiger partial charge in [-0.2, -0.15) is 0 Å². The summed E-state index contributed by atoms with van der Waals surface area (Å²) in [6.45, 7) is 0.285. The molecule has 1 aliphatic heterocycles. The van der Waals surface area contributed by atoms with Gasteiger partial charge in [0, 0.05) is 16.5 Å². The SMILES string of the molecule is COC(=O)c1cccc(CN2C(=O)COc3ccc(-c4csc(-c5ccccc5)n4)cc32)c1. The smallest absolute Gasteiger partial charge is 0.337 e. The molecule has 0 saturated heterocycles. The van der Waals surface area contributed by atoms with Crippen molar-refractivity contribution >= 4 is 28.9 Å². The van der Waals surface area contributed by atoms with E-state index < -0.39 is 5.97 Å². The van der Waals surface area contributed by atoms with Crippen molar-refractivity contribution in [2.24, 2.45) is 0 Å². The Labute approximate surface area is 195 Å². The predicted molar refractivity (Wildman–Crippen MR) is 127 cm³/mol. The number of rotatable bonds is 5. The van der Waals surface area contributed by atoms with Gasteiger partial charge in [0.15, 0.2) is 6.61 Å². The molecular formula is C26H20N2O4S. The number of esters is 1. The number of carbonyl (C=O) groups is 2. The van der Waals surface area contributed by atoms with Crippen LogP contribution in [0.3, 0.4) is 0 Å². The highest BCUT2D eigenvalue weighted by Crippen LogP contribution is 2.38. The third-order valence-electron chi connectivity index (χ3n) is 5.41. The number of hydrogen-bond acceptors (Lipinski definition) is 6. The maximum atomic E-state index is 12.8. The molecule has 0 radical (unpaired) electrons. The van der Waals surface area contributed by atoms with Gasteiger partial charge in [0.25, 0.3) is 5.91 Å². The molecule has 0 fully saturated rings. The number of aromatic nitrogens is 1. The molecule has 0 atom stereocenters. The van der Waals surface area contributed by atoms with Crippen LogP contribution in [-0.4, -0.2) is 30.6 Å². The number of hydrogen-bond donors (Lipinski definition) is 0. The van der Waals surface area contributed by atoms with E-state index in [1.165, 1.54) is 7.11 Å². The Hall–Kier alpha value is -3.97. The van der Waals surface area contributed by atoms with Crippen LogP contribution in [0.1, 0.15) is 15.9 Å². The summed E-state index contributed by atoms with van der Waals surface area (Å²) in [5.41, 5.74) is 4.76. The van der Waals surface area contributed by atoms with Crippen molar-refractivity contribution in [3.63, 3.8) is 0 Å². The molecule has 0 bridgehead atoms. The average molecular weight is 457 g/mol. The molecule has 7 heteroatoms. The first-order chi connectivity index (χ1) is 16.1. The number of nitrogens with zero attached hydrogens (tertiary/aromatic N) is 2. The first kappa shape index (κ1) is 20.9. The van der Waals surface area contributed by atoms with Crippen LogP contribution in [0.5, 0.6) is 5.75 Å². The highest BCUT2D eigenvalue weighted by Gasteiger charge is 2.26. The van der Waals surface area contributed by atoms with Gasteiger partial charge in [0.05, 0.1) is 30.6 Å². The fraction of sp³-hybridized carbons (Fsp3) is 0.115. The van der Waals surface area contributed by atoms with Gasteiger partial charge in [0.2, 0.25) is 0 Å². The lowest BCUT2D eigenvalue weighted by atomic mass is 10.1. The van der Waals surface area contributed by atoms with E-state index in [0.29, 0.717) is 23.5 Å². The molecule has 4 aromatic rings. The van der Waals surface area contributed by atoms with Crippen LogP contribution in [0, 0.1) is 0 Å². The summed E-state index contributed by atoms with van der Waals surface area (Å²) in [7, 11) is 1.35. The quantitative estimate of drug-likeness (QED) is 0.387. The molecule has 2 heterocycles. The fourth-order valence-corrected chi connectivity index (χ4v) is 4.59. The van der Waals surface area contributed by atoms with Gasteiger partial charge in [-0.25, -0.2) is 9.78 Å². The molecule has 0 N–H and O–H groups in total. The summed E-state index contributed by atoms with van der Waals surface area (Å²) < 4.78 is 10.5. The van der Waals surface area contributed by atoms with Crippen LogP contribution in [-0.2, 0) is 16.1 Å². The van der Waals surface area contributed by atoms with Gasteiger partial charge in [-0.3, -0.25) is 4.79 Å². The van der Waals surface area contributed by atoms with Crippen LogP contribution in [0.4, 0.5) is 5.69 Å². The van der Waals surface area contributed by atoms with Crippen molar-refractivity contribution in [1.82, 2.24) is 4.98 Å². The molecule has 1 aromatic heterocycles. The van der Waals surface area contributed by atoms with Crippen LogP contribution in [0.2, 0.25) is 0 Å². The molecule has 33 heavy (non-hydrogen) atoms. The number of fused-ring (bicyclic) bond motifs is 1. The minimum Gasteiger partial charge on any atom is -0.482 e. The van der Waals surface area contributed by atoms with Gasteiger partial charge in [-0.1, -0.05) is 42.5 Å². The molecule has 0 saturated carbocycles. The molecule has 3 aromatic carbocycles. The number of amides is 1. The van der Waals surface area contributed by atoms with E-state index in [4.69, 9.17) is 14.5 Å². The van der Waals surface area contributed by atoms with Crippen molar-refractivity contribution in [3.05, 3.63) is 89.3 Å². The summed E-state index contributed by atoms with van der Waals surface area (Å²) >= 11 is 1.58. The summed E-state index contributed by atoms with van der Waals surface area (Å²) in [4.78, 5) is 31.1. The highest BCUT2D eigenvalue weighted by atomic mass is 32.1. The Morgan fingerprint density at radius 1 is 1.06 bits per heavy atom. The van der Waals surface area contributed by atoms with Gasteiger partial charge in [0.1, 0.15) is 10.8 Å². The molecule has 5 rings (SSSR count). The van der Waals surface area contributed by atoms with E-state index in [1.54, 1.807) is 34.4 Å². The maximum absolute atomic E-state index is 12.8. The Morgan fingerprint density at radius 3 is 2.73 bits per heavy atom. The molecule has 1 amide bonds. The lowest BCUT2D eigenvalue weighted by Gasteiger charge is -2.30. The first-order valence-electron chi connectivity index (χ1n) is 10.4. The summed E-state index contributed by atoms with van der Waals surface area (Å²) in [6.07, 6.45) is 0. The number of carbonyl (C=O) groups excluding carboxylic acids is 2. The van der Waals surface area contributed by atoms with E-state index >= 15 is 0 Å². The van der Waals surface area contributed by atoms with Gasteiger partial charge in [-0.05, 0) is 35.9 Å². The zero-order valence-electron chi connectivity index (χ0n) is 17.9. The van der Waals surface area contributed by atoms with Crippen LogP contribution >= 0.6 is 11.3 Å². The van der Waals surface area contributed by atoms with Crippen molar-refractivity contribution in [2.75, 3.05) is 18.6 Å². The highest BCUT2D eigenvalue weighted by molar-refractivity contribution is 7.13. The summed E-state index contributed by atoms with van der Waals surface area (Å²) in [5, 5.41) is 2.95. The number of benzene rings is 3. The standard InChI is InChI=1S/C26H20N2O4S/c1-31-26(30)20-9-5-6-17(12-20)14-28-22-13-19(10-11-23(22)32-15-24(28)29)21-16-33-25(27-21)18-7-3-2-4-8-18/h2-13,16H,14-15H2,1H3. The van der Waals surface area contributed by atoms with E-state index in [9.17, 15) is 9.59 Å². The van der Waals surface area contributed by atoms with Gasteiger partial charge >= 0.3 is 5.97 Å². The van der Waals surface area contributed by atoms with Gasteiger partial charge in [-0.15, -0.1) is 11.3 Å². The molecule has 0 unspecified atom stereocenters. The van der Waals surface area contributed by atoms with Crippen molar-refractivity contribution in [3.8, 4) is 27.6 Å². The zero-order valence-corrected chi connectivity index (χ0v) is 18.7. The van der Waals surface area contributed by atoms with E-state index in [1.807, 2.05) is 60.0 Å². The monoisotopic (exact) mass is 456 g/mol. The second-order valence-electron chi connectivity index (χ2n) is 7.55. The van der Waals surface area contributed by atoms with Crippen molar-refractivity contribution in [1.29, 1.82) is 0 Å².